The van der Waals surface area contributed by atoms with Gasteiger partial charge in [0, 0.05) is 44.0 Å². The number of aliphatic imine (C=N–C) groups is 3. The average Bonchev–Trinajstić information content (AvgIpc) is 3.42. The second-order valence-electron chi connectivity index (χ2n) is 10.3. The second-order valence-corrected chi connectivity index (χ2v) is 11.8. The standard InChI is InChI=1S/C28H31N7O4S/c29-17-21-15-20(3-6-26(21)39-23-7-9-35(10-8-23)40(30,36)37)27-28-25(31-18-32-27)16-24(33-28)19-1-4-22(5-2-19)34-11-13-38-14-12-34/h1-6,15,18,23,25,28H,7-14,16H2,(H2,30,36,37). The Hall–Kier alpha value is -3.63. The Bertz CT molecular complexity index is 1500. The molecule has 0 spiro atoms. The zero-order chi connectivity index (χ0) is 27.7. The summed E-state index contributed by atoms with van der Waals surface area (Å²) in [7, 11) is -3.70. The maximum absolute atomic E-state index is 11.6. The molecule has 12 heteroatoms. The van der Waals surface area contributed by atoms with Gasteiger partial charge in [-0.05, 0) is 54.3 Å². The first kappa shape index (κ1) is 26.6. The molecular formula is C28H31N7O4S. The second kappa shape index (κ2) is 11.1. The number of nitrogens with two attached hydrogens (primary N) is 1. The van der Waals surface area contributed by atoms with Gasteiger partial charge in [-0.25, -0.2) is 10.1 Å². The summed E-state index contributed by atoms with van der Waals surface area (Å²) in [6.07, 6.45) is 3.12. The molecule has 0 bridgehead atoms. The number of hydrogen-bond donors (Lipinski definition) is 1. The molecule has 2 aromatic carbocycles. The van der Waals surface area contributed by atoms with Crippen molar-refractivity contribution in [2.45, 2.75) is 37.5 Å². The predicted molar refractivity (Wildman–Crippen MR) is 153 cm³/mol. The minimum atomic E-state index is -3.70. The van der Waals surface area contributed by atoms with Gasteiger partial charge in [0.25, 0.3) is 10.2 Å². The van der Waals surface area contributed by atoms with E-state index in [1.54, 1.807) is 18.5 Å². The van der Waals surface area contributed by atoms with Gasteiger partial charge >= 0.3 is 0 Å². The largest absolute Gasteiger partial charge is 0.489 e. The van der Waals surface area contributed by atoms with Crippen LogP contribution in [-0.4, -0.2) is 88.1 Å². The SMILES string of the molecule is N#Cc1cc(C2=NC=NC3CC(c4ccc(N5CCOCC5)cc4)=NC23)ccc1OC1CCN(S(N)(=O)=O)CC1. The van der Waals surface area contributed by atoms with Crippen LogP contribution in [-0.2, 0) is 14.9 Å². The highest BCUT2D eigenvalue weighted by Gasteiger charge is 2.36. The Morgan fingerprint density at radius 2 is 1.75 bits per heavy atom. The highest BCUT2D eigenvalue weighted by atomic mass is 32.2. The minimum Gasteiger partial charge on any atom is -0.489 e. The summed E-state index contributed by atoms with van der Waals surface area (Å²) in [6.45, 7) is 3.87. The summed E-state index contributed by atoms with van der Waals surface area (Å²) < 4.78 is 36.0. The number of nitrogens with zero attached hydrogens (tertiary/aromatic N) is 6. The van der Waals surface area contributed by atoms with Crippen molar-refractivity contribution < 1.29 is 17.9 Å². The molecule has 40 heavy (non-hydrogen) atoms. The number of benzene rings is 2. The van der Waals surface area contributed by atoms with Crippen molar-refractivity contribution in [3.05, 3.63) is 59.2 Å². The van der Waals surface area contributed by atoms with Gasteiger partial charge in [-0.3, -0.25) is 9.98 Å². The summed E-state index contributed by atoms with van der Waals surface area (Å²) in [6, 6.07) is 16.0. The molecule has 2 N–H and O–H groups in total. The molecule has 2 fully saturated rings. The smallest absolute Gasteiger partial charge is 0.276 e. The van der Waals surface area contributed by atoms with Crippen LogP contribution in [0.5, 0.6) is 5.75 Å². The molecule has 0 radical (unpaired) electrons. The molecule has 2 aromatic rings. The molecule has 2 saturated heterocycles. The van der Waals surface area contributed by atoms with Crippen LogP contribution >= 0.6 is 0 Å². The van der Waals surface area contributed by atoms with Gasteiger partial charge in [-0.2, -0.15) is 18.0 Å². The zero-order valence-corrected chi connectivity index (χ0v) is 22.8. The Morgan fingerprint density at radius 3 is 2.45 bits per heavy atom. The van der Waals surface area contributed by atoms with Crippen LogP contribution in [0.4, 0.5) is 5.69 Å². The van der Waals surface area contributed by atoms with Crippen molar-refractivity contribution >= 4 is 33.7 Å². The van der Waals surface area contributed by atoms with Crippen molar-refractivity contribution in [3.63, 3.8) is 0 Å². The third-order valence-corrected chi connectivity index (χ3v) is 8.91. The highest BCUT2D eigenvalue weighted by molar-refractivity contribution is 7.86. The van der Waals surface area contributed by atoms with Gasteiger partial charge in [-0.1, -0.05) is 12.1 Å². The van der Waals surface area contributed by atoms with Crippen LogP contribution in [0.15, 0.2) is 57.4 Å². The summed E-state index contributed by atoms with van der Waals surface area (Å²) in [5.74, 6) is 0.470. The third-order valence-electron chi connectivity index (χ3n) is 7.82. The van der Waals surface area contributed by atoms with Crippen LogP contribution in [0.2, 0.25) is 0 Å². The first-order valence-corrected chi connectivity index (χ1v) is 15.0. The first-order chi connectivity index (χ1) is 19.4. The maximum atomic E-state index is 11.6. The lowest BCUT2D eigenvalue weighted by atomic mass is 9.94. The molecule has 2 unspecified atom stereocenters. The Morgan fingerprint density at radius 1 is 1.02 bits per heavy atom. The van der Waals surface area contributed by atoms with E-state index in [1.807, 2.05) is 6.07 Å². The summed E-state index contributed by atoms with van der Waals surface area (Å²) in [5.41, 5.74) is 5.25. The summed E-state index contributed by atoms with van der Waals surface area (Å²) >= 11 is 0. The van der Waals surface area contributed by atoms with Gasteiger partial charge < -0.3 is 14.4 Å². The lowest BCUT2D eigenvalue weighted by Crippen LogP contribution is -2.44. The zero-order valence-electron chi connectivity index (χ0n) is 22.0. The molecule has 2 atom stereocenters. The average molecular weight is 562 g/mol. The van der Waals surface area contributed by atoms with Crippen LogP contribution in [0.1, 0.15) is 36.0 Å². The Balaban J connectivity index is 1.17. The van der Waals surface area contributed by atoms with Crippen molar-refractivity contribution in [1.29, 1.82) is 5.26 Å². The predicted octanol–water partition coefficient (Wildman–Crippen LogP) is 1.90. The van der Waals surface area contributed by atoms with Crippen molar-refractivity contribution in [2.75, 3.05) is 44.3 Å². The normalized spacial score (nSPS) is 23.8. The topological polar surface area (TPSA) is 146 Å². The van der Waals surface area contributed by atoms with E-state index in [-0.39, 0.29) is 18.2 Å². The lowest BCUT2D eigenvalue weighted by molar-refractivity contribution is 0.122. The van der Waals surface area contributed by atoms with E-state index in [0.717, 1.165) is 55.3 Å². The molecule has 4 heterocycles. The van der Waals surface area contributed by atoms with Crippen LogP contribution in [0, 0.1) is 11.3 Å². The van der Waals surface area contributed by atoms with E-state index in [2.05, 4.69) is 45.2 Å². The van der Waals surface area contributed by atoms with Gasteiger partial charge in [-0.15, -0.1) is 0 Å². The number of morpholine rings is 1. The van der Waals surface area contributed by atoms with Gasteiger partial charge in [0.2, 0.25) is 0 Å². The number of rotatable bonds is 6. The highest BCUT2D eigenvalue weighted by Crippen LogP contribution is 2.30. The van der Waals surface area contributed by atoms with E-state index in [9.17, 15) is 13.7 Å². The summed E-state index contributed by atoms with van der Waals surface area (Å²) in [5, 5.41) is 15.1. The Kier molecular flexibility index (Phi) is 7.37. The van der Waals surface area contributed by atoms with Crippen LogP contribution in [0.3, 0.4) is 0 Å². The van der Waals surface area contributed by atoms with Gasteiger partial charge in [0.1, 0.15) is 30.3 Å². The molecule has 11 nitrogen and oxygen atoms in total. The molecule has 0 aromatic heterocycles. The molecular weight excluding hydrogens is 530 g/mol. The number of nitriles is 1. The minimum absolute atomic E-state index is 0.0353. The van der Waals surface area contributed by atoms with Crippen molar-refractivity contribution in [1.82, 2.24) is 4.31 Å². The molecule has 0 amide bonds. The fourth-order valence-electron chi connectivity index (χ4n) is 5.64. The number of piperidine rings is 1. The first-order valence-electron chi connectivity index (χ1n) is 13.5. The molecule has 0 aliphatic carbocycles. The van der Waals surface area contributed by atoms with E-state index in [4.69, 9.17) is 19.6 Å². The molecule has 6 rings (SSSR count). The Labute approximate surface area is 233 Å². The van der Waals surface area contributed by atoms with Crippen molar-refractivity contribution in [3.8, 4) is 11.8 Å². The quantitative estimate of drug-likeness (QED) is 0.570. The van der Waals surface area contributed by atoms with Gasteiger partial charge in [0.15, 0.2) is 0 Å². The number of anilines is 1. The monoisotopic (exact) mass is 561 g/mol. The van der Waals surface area contributed by atoms with E-state index < -0.39 is 10.2 Å². The van der Waals surface area contributed by atoms with Gasteiger partial charge in [0.05, 0.1) is 30.5 Å². The van der Waals surface area contributed by atoms with Crippen LogP contribution < -0.4 is 14.8 Å². The molecule has 208 valence electrons. The fourth-order valence-corrected chi connectivity index (χ4v) is 6.36. The summed E-state index contributed by atoms with van der Waals surface area (Å²) in [4.78, 5) is 16.5. The fraction of sp³-hybridized carbons (Fsp3) is 0.429. The lowest BCUT2D eigenvalue weighted by Gasteiger charge is -2.30. The number of ether oxygens (including phenoxy) is 2. The van der Waals surface area contributed by atoms with E-state index in [1.165, 1.54) is 9.99 Å². The maximum Gasteiger partial charge on any atom is 0.276 e. The number of hydrogen-bond acceptors (Lipinski definition) is 9. The molecule has 4 aliphatic heterocycles. The molecule has 0 saturated carbocycles. The van der Waals surface area contributed by atoms with Crippen LogP contribution in [0.25, 0.3) is 0 Å². The third kappa shape index (κ3) is 5.51. The van der Waals surface area contributed by atoms with Crippen molar-refractivity contribution in [2.24, 2.45) is 20.1 Å². The number of fused-ring (bicyclic) bond motifs is 1. The van der Waals surface area contributed by atoms with E-state index in [0.29, 0.717) is 37.2 Å². The van der Waals surface area contributed by atoms with E-state index >= 15 is 0 Å². The molecule has 4 aliphatic rings.